The number of benzene rings is 2. The lowest BCUT2D eigenvalue weighted by atomic mass is 10.2. The zero-order valence-electron chi connectivity index (χ0n) is 16.0. The van der Waals surface area contributed by atoms with Crippen molar-refractivity contribution in [1.29, 1.82) is 0 Å². The number of hydrogen-bond donors (Lipinski definition) is 2. The van der Waals surface area contributed by atoms with Crippen LogP contribution in [0.2, 0.25) is 10.0 Å². The Morgan fingerprint density at radius 3 is 2.63 bits per heavy atom. The number of carbonyl (C=O) groups is 2. The van der Waals surface area contributed by atoms with Gasteiger partial charge in [-0.25, -0.2) is 9.67 Å². The molecule has 0 bridgehead atoms. The Hall–Kier alpha value is -3.10. The monoisotopic (exact) mass is 444 g/mol. The van der Waals surface area contributed by atoms with Gasteiger partial charge in [0.1, 0.15) is 5.82 Å². The van der Waals surface area contributed by atoms with Crippen molar-refractivity contribution < 1.29 is 9.59 Å². The first-order chi connectivity index (χ1) is 14.4. The second-order valence-corrected chi connectivity index (χ2v) is 7.61. The molecule has 2 amide bonds. The molecule has 2 heterocycles. The van der Waals surface area contributed by atoms with Crippen molar-refractivity contribution in [3.63, 3.8) is 0 Å². The van der Waals surface area contributed by atoms with E-state index in [0.29, 0.717) is 34.6 Å². The summed E-state index contributed by atoms with van der Waals surface area (Å²) in [5, 5.41) is 10.9. The van der Waals surface area contributed by atoms with Crippen LogP contribution in [0.5, 0.6) is 0 Å². The van der Waals surface area contributed by atoms with Crippen molar-refractivity contribution >= 4 is 46.4 Å². The summed E-state index contributed by atoms with van der Waals surface area (Å²) in [5.41, 5.74) is 2.00. The SMILES string of the molecule is Cc1nc(C(=O)Nc2ccc(N3CCNC(=O)C3)c(Cl)c2)nn1-c1ccc(Cl)cc1. The molecule has 0 unspecified atom stereocenters. The van der Waals surface area contributed by atoms with E-state index >= 15 is 0 Å². The Morgan fingerprint density at radius 2 is 1.93 bits per heavy atom. The molecule has 154 valence electrons. The van der Waals surface area contributed by atoms with Crippen LogP contribution in [-0.4, -0.2) is 46.2 Å². The van der Waals surface area contributed by atoms with Gasteiger partial charge >= 0.3 is 0 Å². The van der Waals surface area contributed by atoms with Gasteiger partial charge in [0.2, 0.25) is 11.7 Å². The number of rotatable bonds is 4. The first-order valence-electron chi connectivity index (χ1n) is 9.23. The van der Waals surface area contributed by atoms with Gasteiger partial charge in [0.15, 0.2) is 0 Å². The molecular weight excluding hydrogens is 427 g/mol. The van der Waals surface area contributed by atoms with E-state index in [9.17, 15) is 9.59 Å². The first-order valence-corrected chi connectivity index (χ1v) is 9.98. The number of aromatic nitrogens is 3. The minimum absolute atomic E-state index is 0.0374. The maximum absolute atomic E-state index is 12.6. The highest BCUT2D eigenvalue weighted by Gasteiger charge is 2.20. The molecule has 0 radical (unpaired) electrons. The molecule has 0 atom stereocenters. The third-order valence-electron chi connectivity index (χ3n) is 4.63. The fourth-order valence-electron chi connectivity index (χ4n) is 3.19. The largest absolute Gasteiger partial charge is 0.359 e. The minimum atomic E-state index is -0.452. The predicted molar refractivity (Wildman–Crippen MR) is 116 cm³/mol. The minimum Gasteiger partial charge on any atom is -0.359 e. The smallest absolute Gasteiger partial charge is 0.295 e. The van der Waals surface area contributed by atoms with Gasteiger partial charge in [-0.3, -0.25) is 9.59 Å². The van der Waals surface area contributed by atoms with Crippen LogP contribution >= 0.6 is 23.2 Å². The van der Waals surface area contributed by atoms with Crippen molar-refractivity contribution in [2.45, 2.75) is 6.92 Å². The van der Waals surface area contributed by atoms with E-state index in [1.165, 1.54) is 0 Å². The highest BCUT2D eigenvalue weighted by Crippen LogP contribution is 2.29. The molecule has 1 aliphatic rings. The summed E-state index contributed by atoms with van der Waals surface area (Å²) in [4.78, 5) is 30.4. The normalized spacial score (nSPS) is 13.8. The van der Waals surface area contributed by atoms with Crippen LogP contribution in [-0.2, 0) is 4.79 Å². The predicted octanol–water partition coefficient (Wildman–Crippen LogP) is 3.07. The van der Waals surface area contributed by atoms with Crippen molar-refractivity contribution in [3.8, 4) is 5.69 Å². The Kier molecular flexibility index (Phi) is 5.61. The summed E-state index contributed by atoms with van der Waals surface area (Å²) in [7, 11) is 0. The van der Waals surface area contributed by atoms with Gasteiger partial charge in [0, 0.05) is 23.8 Å². The van der Waals surface area contributed by atoms with Crippen LogP contribution in [0.25, 0.3) is 5.69 Å². The maximum atomic E-state index is 12.6. The first kappa shape index (κ1) is 20.2. The number of nitrogens with one attached hydrogen (secondary N) is 2. The summed E-state index contributed by atoms with van der Waals surface area (Å²) < 4.78 is 1.57. The molecule has 1 fully saturated rings. The number of nitrogens with zero attached hydrogens (tertiary/aromatic N) is 4. The Balaban J connectivity index is 1.50. The van der Waals surface area contributed by atoms with Crippen LogP contribution in [0.1, 0.15) is 16.4 Å². The molecule has 2 N–H and O–H groups in total. The summed E-state index contributed by atoms with van der Waals surface area (Å²) in [6.07, 6.45) is 0. The molecule has 1 aromatic heterocycles. The molecule has 4 rings (SSSR count). The van der Waals surface area contributed by atoms with E-state index in [4.69, 9.17) is 23.2 Å². The number of piperazine rings is 1. The van der Waals surface area contributed by atoms with Gasteiger partial charge in [-0.05, 0) is 49.4 Å². The van der Waals surface area contributed by atoms with E-state index in [0.717, 1.165) is 11.4 Å². The number of hydrogen-bond acceptors (Lipinski definition) is 5. The van der Waals surface area contributed by atoms with Crippen LogP contribution in [0.3, 0.4) is 0 Å². The lowest BCUT2D eigenvalue weighted by Crippen LogP contribution is -2.47. The second kappa shape index (κ2) is 8.33. The standard InChI is InChI=1S/C20H18Cl2N6O2/c1-12-24-19(26-28(12)15-5-2-13(21)3-6-15)20(30)25-14-4-7-17(16(22)10-14)27-9-8-23-18(29)11-27/h2-7,10H,8-9,11H2,1H3,(H,23,29)(H,25,30). The maximum Gasteiger partial charge on any atom is 0.295 e. The summed E-state index contributed by atoms with van der Waals surface area (Å²) in [6, 6.07) is 12.2. The zero-order chi connectivity index (χ0) is 21.3. The van der Waals surface area contributed by atoms with E-state index in [-0.39, 0.29) is 18.3 Å². The zero-order valence-corrected chi connectivity index (χ0v) is 17.5. The number of anilines is 2. The molecule has 0 aliphatic carbocycles. The lowest BCUT2D eigenvalue weighted by molar-refractivity contribution is -0.120. The summed E-state index contributed by atoms with van der Waals surface area (Å²) in [6.45, 7) is 3.24. The van der Waals surface area contributed by atoms with E-state index in [1.54, 1.807) is 54.1 Å². The topological polar surface area (TPSA) is 92.2 Å². The molecule has 8 nitrogen and oxygen atoms in total. The third-order valence-corrected chi connectivity index (χ3v) is 5.18. The van der Waals surface area contributed by atoms with E-state index in [2.05, 4.69) is 20.7 Å². The van der Waals surface area contributed by atoms with Gasteiger partial charge in [-0.15, -0.1) is 5.10 Å². The molecule has 30 heavy (non-hydrogen) atoms. The quantitative estimate of drug-likeness (QED) is 0.644. The van der Waals surface area contributed by atoms with Crippen molar-refractivity contribution in [2.24, 2.45) is 0 Å². The molecule has 1 aliphatic heterocycles. The molecule has 3 aromatic rings. The molecule has 0 spiro atoms. The van der Waals surface area contributed by atoms with Crippen molar-refractivity contribution in [1.82, 2.24) is 20.1 Å². The fourth-order valence-corrected chi connectivity index (χ4v) is 3.61. The number of aryl methyl sites for hydroxylation is 1. The van der Waals surface area contributed by atoms with Crippen molar-refractivity contribution in [2.75, 3.05) is 29.9 Å². The molecule has 2 aromatic carbocycles. The number of amides is 2. The van der Waals surface area contributed by atoms with Crippen LogP contribution < -0.4 is 15.5 Å². The Morgan fingerprint density at radius 1 is 1.17 bits per heavy atom. The highest BCUT2D eigenvalue weighted by atomic mass is 35.5. The molecule has 0 saturated carbocycles. The van der Waals surface area contributed by atoms with Crippen molar-refractivity contribution in [3.05, 3.63) is 64.2 Å². The fraction of sp³-hybridized carbons (Fsp3) is 0.200. The van der Waals surface area contributed by atoms with Gasteiger partial charge in [-0.1, -0.05) is 23.2 Å². The summed E-state index contributed by atoms with van der Waals surface area (Å²) in [5.74, 6) is 0.106. The van der Waals surface area contributed by atoms with Gasteiger partial charge in [-0.2, -0.15) is 0 Å². The molecule has 10 heteroatoms. The number of carbonyl (C=O) groups excluding carboxylic acids is 2. The van der Waals surface area contributed by atoms with Crippen LogP contribution in [0.15, 0.2) is 42.5 Å². The van der Waals surface area contributed by atoms with Crippen LogP contribution in [0, 0.1) is 6.92 Å². The third kappa shape index (κ3) is 4.24. The Labute approximate surface area is 182 Å². The van der Waals surface area contributed by atoms with Gasteiger partial charge in [0.05, 0.1) is 22.9 Å². The molecular formula is C20H18Cl2N6O2. The van der Waals surface area contributed by atoms with E-state index < -0.39 is 5.91 Å². The van der Waals surface area contributed by atoms with Crippen LogP contribution in [0.4, 0.5) is 11.4 Å². The number of halogens is 2. The summed E-state index contributed by atoms with van der Waals surface area (Å²) >= 11 is 12.3. The molecule has 1 saturated heterocycles. The second-order valence-electron chi connectivity index (χ2n) is 6.76. The lowest BCUT2D eigenvalue weighted by Gasteiger charge is -2.29. The average molecular weight is 445 g/mol. The van der Waals surface area contributed by atoms with E-state index in [1.807, 2.05) is 4.90 Å². The van der Waals surface area contributed by atoms with Gasteiger partial charge < -0.3 is 15.5 Å². The van der Waals surface area contributed by atoms with Gasteiger partial charge in [0.25, 0.3) is 5.91 Å². The average Bonchev–Trinajstić information content (AvgIpc) is 3.10. The highest BCUT2D eigenvalue weighted by molar-refractivity contribution is 6.33. The Bertz CT molecular complexity index is 1110.